The summed E-state index contributed by atoms with van der Waals surface area (Å²) in [6.45, 7) is 4.03. The van der Waals surface area contributed by atoms with Gasteiger partial charge in [-0.2, -0.15) is 0 Å². The Balaban J connectivity index is 1.62. The molecule has 0 amide bonds. The fourth-order valence-corrected chi connectivity index (χ4v) is 3.92. The van der Waals surface area contributed by atoms with Crippen LogP contribution in [-0.2, 0) is 17.6 Å². The summed E-state index contributed by atoms with van der Waals surface area (Å²) in [4.78, 5) is 11.8. The minimum absolute atomic E-state index is 0.0779. The van der Waals surface area contributed by atoms with Gasteiger partial charge in [-0.3, -0.25) is 0 Å². The highest BCUT2D eigenvalue weighted by Gasteiger charge is 2.31. The Kier molecular flexibility index (Phi) is 4.72. The van der Waals surface area contributed by atoms with Crippen LogP contribution < -0.4 is 4.90 Å². The molecule has 2 aliphatic rings. The first-order valence-corrected chi connectivity index (χ1v) is 9.14. The molecule has 1 saturated heterocycles. The molecule has 6 heteroatoms. The van der Waals surface area contributed by atoms with E-state index in [-0.39, 0.29) is 6.04 Å². The second-order valence-electron chi connectivity index (χ2n) is 6.92. The summed E-state index contributed by atoms with van der Waals surface area (Å²) in [5.41, 5.74) is 2.49. The van der Waals surface area contributed by atoms with Crippen LogP contribution in [0, 0.1) is 6.92 Å². The molecule has 1 fully saturated rings. The van der Waals surface area contributed by atoms with E-state index in [0.29, 0.717) is 25.4 Å². The number of aliphatic hydroxyl groups is 1. The Morgan fingerprint density at radius 2 is 2.20 bits per heavy atom. The maximum Gasteiger partial charge on any atom is 0.136 e. The van der Waals surface area contributed by atoms with Gasteiger partial charge in [-0.15, -0.1) is 0 Å². The molecule has 25 heavy (non-hydrogen) atoms. The molecule has 0 bridgehead atoms. The summed E-state index contributed by atoms with van der Waals surface area (Å²) in [6.07, 6.45) is 5.99. The highest BCUT2D eigenvalue weighted by atomic mass is 16.5. The van der Waals surface area contributed by atoms with Crippen molar-refractivity contribution in [2.45, 2.75) is 51.2 Å². The highest BCUT2D eigenvalue weighted by Crippen LogP contribution is 2.32. The minimum Gasteiger partial charge on any atom is -0.467 e. The molecule has 1 aliphatic carbocycles. The molecular weight excluding hydrogens is 318 g/mol. The van der Waals surface area contributed by atoms with Gasteiger partial charge in [-0.1, -0.05) is 0 Å². The number of nitrogens with zero attached hydrogens (tertiary/aromatic N) is 3. The largest absolute Gasteiger partial charge is 0.467 e. The van der Waals surface area contributed by atoms with Gasteiger partial charge in [0, 0.05) is 24.2 Å². The lowest BCUT2D eigenvalue weighted by Gasteiger charge is -2.39. The van der Waals surface area contributed by atoms with Gasteiger partial charge in [0.1, 0.15) is 23.5 Å². The molecule has 2 aromatic heterocycles. The SMILES string of the molecule is Cc1nc2c(c(N3CCOCC3CC(O)c3ccco3)n1)CCCC2. The molecule has 0 radical (unpaired) electrons. The van der Waals surface area contributed by atoms with Crippen molar-refractivity contribution in [1.29, 1.82) is 0 Å². The van der Waals surface area contributed by atoms with Crippen LogP contribution in [-0.4, -0.2) is 40.9 Å². The van der Waals surface area contributed by atoms with Crippen molar-refractivity contribution in [3.63, 3.8) is 0 Å². The number of aromatic nitrogens is 2. The number of aryl methyl sites for hydroxylation is 2. The lowest BCUT2D eigenvalue weighted by atomic mass is 9.95. The van der Waals surface area contributed by atoms with Gasteiger partial charge in [-0.25, -0.2) is 9.97 Å². The van der Waals surface area contributed by atoms with Crippen LogP contribution in [0.4, 0.5) is 5.82 Å². The number of morpholine rings is 1. The summed E-state index contributed by atoms with van der Waals surface area (Å²) < 4.78 is 11.1. The molecule has 0 saturated carbocycles. The Morgan fingerprint density at radius 1 is 1.32 bits per heavy atom. The minimum atomic E-state index is -0.636. The molecule has 2 unspecified atom stereocenters. The van der Waals surface area contributed by atoms with Crippen LogP contribution in [0.1, 0.15) is 48.2 Å². The predicted octanol–water partition coefficient (Wildman–Crippen LogP) is 2.59. The average molecular weight is 343 g/mol. The fraction of sp³-hybridized carbons (Fsp3) is 0.579. The molecule has 4 rings (SSSR count). The summed E-state index contributed by atoms with van der Waals surface area (Å²) in [5.74, 6) is 2.47. The maximum atomic E-state index is 10.5. The quantitative estimate of drug-likeness (QED) is 0.920. The molecule has 134 valence electrons. The van der Waals surface area contributed by atoms with Gasteiger partial charge in [0.2, 0.25) is 0 Å². The zero-order valence-electron chi connectivity index (χ0n) is 14.6. The van der Waals surface area contributed by atoms with Gasteiger partial charge in [-0.05, 0) is 44.7 Å². The lowest BCUT2D eigenvalue weighted by molar-refractivity contribution is 0.0615. The van der Waals surface area contributed by atoms with E-state index in [1.807, 2.05) is 13.0 Å². The van der Waals surface area contributed by atoms with E-state index in [1.165, 1.54) is 24.1 Å². The second kappa shape index (κ2) is 7.14. The number of furan rings is 1. The number of aliphatic hydroxyl groups excluding tert-OH is 1. The fourth-order valence-electron chi connectivity index (χ4n) is 3.92. The zero-order chi connectivity index (χ0) is 17.2. The number of hydrogen-bond donors (Lipinski definition) is 1. The van der Waals surface area contributed by atoms with Crippen LogP contribution >= 0.6 is 0 Å². The third kappa shape index (κ3) is 3.41. The van der Waals surface area contributed by atoms with E-state index in [1.54, 1.807) is 12.3 Å². The first-order chi connectivity index (χ1) is 12.2. The molecule has 6 nitrogen and oxygen atoms in total. The van der Waals surface area contributed by atoms with E-state index in [2.05, 4.69) is 9.88 Å². The number of rotatable bonds is 4. The van der Waals surface area contributed by atoms with Gasteiger partial charge in [0.05, 0.1) is 25.5 Å². The second-order valence-corrected chi connectivity index (χ2v) is 6.92. The van der Waals surface area contributed by atoms with Crippen LogP contribution in [0.3, 0.4) is 0 Å². The van der Waals surface area contributed by atoms with Crippen LogP contribution in [0.15, 0.2) is 22.8 Å². The number of hydrogen-bond acceptors (Lipinski definition) is 6. The topological polar surface area (TPSA) is 71.6 Å². The molecule has 2 atom stereocenters. The molecule has 0 aromatic carbocycles. The summed E-state index contributed by atoms with van der Waals surface area (Å²) in [7, 11) is 0. The van der Waals surface area contributed by atoms with Gasteiger partial charge in [0.25, 0.3) is 0 Å². The van der Waals surface area contributed by atoms with Crippen molar-refractivity contribution in [2.75, 3.05) is 24.7 Å². The number of ether oxygens (including phenoxy) is 1. The average Bonchev–Trinajstić information content (AvgIpc) is 3.16. The standard InChI is InChI=1S/C19H25N3O3/c1-13-20-16-6-3-2-5-15(16)19(21-13)22-8-10-24-12-14(22)11-17(23)18-7-4-9-25-18/h4,7,9,14,17,23H,2-3,5-6,8,10-12H2,1H3. The van der Waals surface area contributed by atoms with E-state index in [9.17, 15) is 5.11 Å². The first kappa shape index (κ1) is 16.5. The Hall–Kier alpha value is -1.92. The summed E-state index contributed by atoms with van der Waals surface area (Å²) in [6, 6.07) is 3.70. The van der Waals surface area contributed by atoms with Crippen molar-refractivity contribution in [3.05, 3.63) is 41.2 Å². The van der Waals surface area contributed by atoms with Gasteiger partial charge in [0.15, 0.2) is 0 Å². The third-order valence-electron chi connectivity index (χ3n) is 5.14. The maximum absolute atomic E-state index is 10.5. The van der Waals surface area contributed by atoms with E-state index in [0.717, 1.165) is 31.0 Å². The lowest BCUT2D eigenvalue weighted by Crippen LogP contribution is -2.47. The Labute approximate surface area is 147 Å². The third-order valence-corrected chi connectivity index (χ3v) is 5.14. The van der Waals surface area contributed by atoms with E-state index < -0.39 is 6.10 Å². The smallest absolute Gasteiger partial charge is 0.136 e. The van der Waals surface area contributed by atoms with Crippen molar-refractivity contribution in [1.82, 2.24) is 9.97 Å². The van der Waals surface area contributed by atoms with Crippen molar-refractivity contribution in [2.24, 2.45) is 0 Å². The normalized spacial score (nSPS) is 21.8. The van der Waals surface area contributed by atoms with Crippen molar-refractivity contribution in [3.8, 4) is 0 Å². The van der Waals surface area contributed by atoms with E-state index in [4.69, 9.17) is 14.1 Å². The first-order valence-electron chi connectivity index (χ1n) is 9.14. The van der Waals surface area contributed by atoms with Gasteiger partial charge < -0.3 is 19.2 Å². The summed E-state index contributed by atoms with van der Waals surface area (Å²) >= 11 is 0. The highest BCUT2D eigenvalue weighted by molar-refractivity contribution is 5.51. The number of fused-ring (bicyclic) bond motifs is 1. The molecule has 3 heterocycles. The molecule has 0 spiro atoms. The Morgan fingerprint density at radius 3 is 3.04 bits per heavy atom. The summed E-state index contributed by atoms with van der Waals surface area (Å²) in [5, 5.41) is 10.5. The Bertz CT molecular complexity index is 717. The van der Waals surface area contributed by atoms with Crippen molar-refractivity contribution >= 4 is 5.82 Å². The van der Waals surface area contributed by atoms with E-state index >= 15 is 0 Å². The molecular formula is C19H25N3O3. The van der Waals surface area contributed by atoms with Crippen LogP contribution in [0.5, 0.6) is 0 Å². The van der Waals surface area contributed by atoms with Crippen molar-refractivity contribution < 1.29 is 14.3 Å². The zero-order valence-corrected chi connectivity index (χ0v) is 14.6. The molecule has 2 aromatic rings. The van der Waals surface area contributed by atoms with Gasteiger partial charge >= 0.3 is 0 Å². The molecule has 1 aliphatic heterocycles. The van der Waals surface area contributed by atoms with Crippen LogP contribution in [0.25, 0.3) is 0 Å². The van der Waals surface area contributed by atoms with Crippen LogP contribution in [0.2, 0.25) is 0 Å². The molecule has 1 N–H and O–H groups in total. The predicted molar refractivity (Wildman–Crippen MR) is 93.6 cm³/mol. The monoisotopic (exact) mass is 343 g/mol. The number of anilines is 1.